The molecular formula is C18H23N5O4. The van der Waals surface area contributed by atoms with Gasteiger partial charge in [0.2, 0.25) is 5.89 Å². The van der Waals surface area contributed by atoms with Crippen LogP contribution in [0.25, 0.3) is 0 Å². The van der Waals surface area contributed by atoms with Gasteiger partial charge in [-0.25, -0.2) is 4.79 Å². The number of urea groups is 1. The maximum Gasteiger partial charge on any atom is 0.318 e. The normalized spacial score (nSPS) is 20.9. The van der Waals surface area contributed by atoms with Crippen LogP contribution in [0.5, 0.6) is 0 Å². The van der Waals surface area contributed by atoms with Gasteiger partial charge < -0.3 is 24.1 Å². The highest BCUT2D eigenvalue weighted by Gasteiger charge is 2.35. The van der Waals surface area contributed by atoms with Gasteiger partial charge in [0.25, 0.3) is 5.91 Å². The first kappa shape index (κ1) is 17.6. The number of nitrogens with zero attached hydrogens (tertiary/aromatic N) is 4. The SMILES string of the molecule is Cc1noc([C@@H]2CCCN2C(=O)NC2CCN(C(=O)c3ccco3)CC2)n1. The van der Waals surface area contributed by atoms with Gasteiger partial charge in [0.1, 0.15) is 6.04 Å². The summed E-state index contributed by atoms with van der Waals surface area (Å²) in [5, 5.41) is 6.92. The van der Waals surface area contributed by atoms with Gasteiger partial charge in [-0.15, -0.1) is 0 Å². The van der Waals surface area contributed by atoms with E-state index in [1.807, 2.05) is 0 Å². The first-order valence-electron chi connectivity index (χ1n) is 9.32. The lowest BCUT2D eigenvalue weighted by atomic mass is 10.0. The quantitative estimate of drug-likeness (QED) is 0.884. The lowest BCUT2D eigenvalue weighted by Crippen LogP contribution is -2.50. The fraction of sp³-hybridized carbons (Fsp3) is 0.556. The molecule has 0 spiro atoms. The van der Waals surface area contributed by atoms with Crippen molar-refractivity contribution in [2.24, 2.45) is 0 Å². The third kappa shape index (κ3) is 3.67. The number of hydrogen-bond donors (Lipinski definition) is 1. The second kappa shape index (κ2) is 7.42. The minimum Gasteiger partial charge on any atom is -0.459 e. The predicted octanol–water partition coefficient (Wildman–Crippen LogP) is 2.12. The Balaban J connectivity index is 1.31. The van der Waals surface area contributed by atoms with Crippen LogP contribution in [0.2, 0.25) is 0 Å². The molecule has 1 N–H and O–H groups in total. The van der Waals surface area contributed by atoms with E-state index in [0.29, 0.717) is 37.1 Å². The topological polar surface area (TPSA) is 105 Å². The molecule has 2 aliphatic heterocycles. The molecule has 0 radical (unpaired) electrons. The first-order valence-corrected chi connectivity index (χ1v) is 9.32. The first-order chi connectivity index (χ1) is 13.1. The molecule has 0 aliphatic carbocycles. The summed E-state index contributed by atoms with van der Waals surface area (Å²) in [4.78, 5) is 32.9. The standard InChI is InChI=1S/C18H23N5O4/c1-12-19-16(27-21-12)14-4-2-8-23(14)18(25)20-13-6-9-22(10-7-13)17(24)15-5-3-11-26-15/h3,5,11,13-14H,2,4,6-10H2,1H3,(H,20,25)/t14-/m0/s1. The highest BCUT2D eigenvalue weighted by atomic mass is 16.5. The second-order valence-electron chi connectivity index (χ2n) is 7.02. The monoisotopic (exact) mass is 373 g/mol. The molecule has 0 saturated carbocycles. The second-order valence-corrected chi connectivity index (χ2v) is 7.02. The summed E-state index contributed by atoms with van der Waals surface area (Å²) in [6, 6.07) is 3.15. The van der Waals surface area contributed by atoms with Crippen molar-refractivity contribution >= 4 is 11.9 Å². The lowest BCUT2D eigenvalue weighted by Gasteiger charge is -2.33. The third-order valence-corrected chi connectivity index (χ3v) is 5.18. The van der Waals surface area contributed by atoms with E-state index >= 15 is 0 Å². The summed E-state index contributed by atoms with van der Waals surface area (Å²) in [5.41, 5.74) is 0. The number of carbonyl (C=O) groups is 2. The van der Waals surface area contributed by atoms with Crippen molar-refractivity contribution < 1.29 is 18.5 Å². The molecule has 0 unspecified atom stereocenters. The van der Waals surface area contributed by atoms with Crippen LogP contribution in [-0.2, 0) is 0 Å². The third-order valence-electron chi connectivity index (χ3n) is 5.18. The fourth-order valence-electron chi connectivity index (χ4n) is 3.76. The van der Waals surface area contributed by atoms with Gasteiger partial charge in [-0.2, -0.15) is 4.98 Å². The summed E-state index contributed by atoms with van der Waals surface area (Å²) < 4.78 is 10.4. The molecule has 1 atom stereocenters. The van der Waals surface area contributed by atoms with Crippen LogP contribution in [0.1, 0.15) is 54.0 Å². The molecule has 144 valence electrons. The molecule has 3 amide bonds. The number of carbonyl (C=O) groups excluding carboxylic acids is 2. The summed E-state index contributed by atoms with van der Waals surface area (Å²) in [7, 11) is 0. The van der Waals surface area contributed by atoms with Crippen LogP contribution < -0.4 is 5.32 Å². The zero-order valence-corrected chi connectivity index (χ0v) is 15.3. The van der Waals surface area contributed by atoms with Crippen molar-refractivity contribution in [1.29, 1.82) is 0 Å². The molecule has 2 saturated heterocycles. The van der Waals surface area contributed by atoms with E-state index in [0.717, 1.165) is 25.7 Å². The number of aromatic nitrogens is 2. The van der Waals surface area contributed by atoms with E-state index in [9.17, 15) is 9.59 Å². The Bertz CT molecular complexity index is 795. The number of hydrogen-bond acceptors (Lipinski definition) is 6. The molecule has 2 fully saturated rings. The van der Waals surface area contributed by atoms with Crippen molar-refractivity contribution in [2.45, 2.75) is 44.7 Å². The Labute approximate surface area is 156 Å². The zero-order valence-electron chi connectivity index (χ0n) is 15.3. The Kier molecular flexibility index (Phi) is 4.83. The highest BCUT2D eigenvalue weighted by Crippen LogP contribution is 2.31. The molecule has 2 aromatic rings. The average Bonchev–Trinajstić information content (AvgIpc) is 3.42. The Morgan fingerprint density at radius 3 is 2.70 bits per heavy atom. The molecule has 4 rings (SSSR count). The molecular weight excluding hydrogens is 350 g/mol. The van der Waals surface area contributed by atoms with Crippen LogP contribution in [0.15, 0.2) is 27.3 Å². The van der Waals surface area contributed by atoms with E-state index in [-0.39, 0.29) is 24.0 Å². The molecule has 0 aromatic carbocycles. The van der Waals surface area contributed by atoms with Gasteiger partial charge in [-0.3, -0.25) is 4.79 Å². The fourth-order valence-corrected chi connectivity index (χ4v) is 3.76. The summed E-state index contributed by atoms with van der Waals surface area (Å²) >= 11 is 0. The molecule has 4 heterocycles. The molecule has 0 bridgehead atoms. The number of aryl methyl sites for hydroxylation is 1. The van der Waals surface area contributed by atoms with Crippen molar-refractivity contribution in [3.05, 3.63) is 35.9 Å². The van der Waals surface area contributed by atoms with Gasteiger partial charge in [-0.05, 0) is 44.7 Å². The Hall–Kier alpha value is -2.84. The lowest BCUT2D eigenvalue weighted by molar-refractivity contribution is 0.0673. The predicted molar refractivity (Wildman–Crippen MR) is 93.9 cm³/mol. The Morgan fingerprint density at radius 2 is 2.04 bits per heavy atom. The van der Waals surface area contributed by atoms with Crippen LogP contribution in [0.4, 0.5) is 4.79 Å². The number of amides is 3. The molecule has 2 aliphatic rings. The number of piperidine rings is 1. The van der Waals surface area contributed by atoms with E-state index in [2.05, 4.69) is 15.5 Å². The van der Waals surface area contributed by atoms with E-state index in [1.165, 1.54) is 6.26 Å². The van der Waals surface area contributed by atoms with Gasteiger partial charge in [0.05, 0.1) is 6.26 Å². The highest BCUT2D eigenvalue weighted by molar-refractivity contribution is 5.91. The van der Waals surface area contributed by atoms with Crippen LogP contribution in [0, 0.1) is 6.92 Å². The van der Waals surface area contributed by atoms with Crippen molar-refractivity contribution in [2.75, 3.05) is 19.6 Å². The van der Waals surface area contributed by atoms with Gasteiger partial charge in [-0.1, -0.05) is 5.16 Å². The van der Waals surface area contributed by atoms with Crippen molar-refractivity contribution in [3.63, 3.8) is 0 Å². The van der Waals surface area contributed by atoms with Crippen molar-refractivity contribution in [3.8, 4) is 0 Å². The smallest absolute Gasteiger partial charge is 0.318 e. The van der Waals surface area contributed by atoms with Crippen molar-refractivity contribution in [1.82, 2.24) is 25.3 Å². The van der Waals surface area contributed by atoms with Gasteiger partial charge in [0.15, 0.2) is 11.6 Å². The molecule has 27 heavy (non-hydrogen) atoms. The number of nitrogens with one attached hydrogen (secondary N) is 1. The maximum atomic E-state index is 12.7. The number of rotatable bonds is 3. The van der Waals surface area contributed by atoms with Crippen LogP contribution in [0.3, 0.4) is 0 Å². The minimum atomic E-state index is -0.160. The van der Waals surface area contributed by atoms with E-state index < -0.39 is 0 Å². The number of furan rings is 1. The van der Waals surface area contributed by atoms with E-state index in [4.69, 9.17) is 8.94 Å². The van der Waals surface area contributed by atoms with E-state index in [1.54, 1.807) is 28.9 Å². The maximum absolute atomic E-state index is 12.7. The van der Waals surface area contributed by atoms with Crippen LogP contribution >= 0.6 is 0 Å². The van der Waals surface area contributed by atoms with Crippen LogP contribution in [-0.4, -0.2) is 57.6 Å². The Morgan fingerprint density at radius 1 is 1.22 bits per heavy atom. The molecule has 9 nitrogen and oxygen atoms in total. The van der Waals surface area contributed by atoms with Gasteiger partial charge in [0, 0.05) is 25.7 Å². The largest absolute Gasteiger partial charge is 0.459 e. The summed E-state index contributed by atoms with van der Waals surface area (Å²) in [5.74, 6) is 1.33. The summed E-state index contributed by atoms with van der Waals surface area (Å²) in [6.45, 7) is 3.63. The summed E-state index contributed by atoms with van der Waals surface area (Å²) in [6.07, 6.45) is 4.67. The van der Waals surface area contributed by atoms with Gasteiger partial charge >= 0.3 is 6.03 Å². The minimum absolute atomic E-state index is 0.0452. The molecule has 9 heteroatoms. The average molecular weight is 373 g/mol. The molecule has 2 aromatic heterocycles. The number of likely N-dealkylation sites (tertiary alicyclic amines) is 2. The zero-order chi connectivity index (χ0) is 18.8.